The molecule has 0 aliphatic rings. The third-order valence-corrected chi connectivity index (χ3v) is 2.91. The number of halogens is 2. The van der Waals surface area contributed by atoms with Gasteiger partial charge in [-0.3, -0.25) is 4.98 Å². The zero-order chi connectivity index (χ0) is 10.8. The van der Waals surface area contributed by atoms with Crippen LogP contribution in [0.15, 0.2) is 29.9 Å². The average Bonchev–Trinajstić information content (AvgIpc) is 2.74. The minimum atomic E-state index is -0.659. The van der Waals surface area contributed by atoms with Crippen LogP contribution in [0.5, 0.6) is 0 Å². The van der Waals surface area contributed by atoms with Gasteiger partial charge in [0, 0.05) is 16.6 Å². The first kappa shape index (κ1) is 10.2. The van der Waals surface area contributed by atoms with Crippen molar-refractivity contribution in [2.75, 3.05) is 0 Å². The normalized spacial score (nSPS) is 12.7. The highest BCUT2D eigenvalue weighted by molar-refractivity contribution is 7.09. The van der Waals surface area contributed by atoms with Crippen molar-refractivity contribution in [2.45, 2.75) is 6.04 Å². The second-order valence-electron chi connectivity index (χ2n) is 3.05. The van der Waals surface area contributed by atoms with Gasteiger partial charge in [0.15, 0.2) is 0 Å². The van der Waals surface area contributed by atoms with Crippen LogP contribution in [-0.4, -0.2) is 4.98 Å². The van der Waals surface area contributed by atoms with Gasteiger partial charge in [0.25, 0.3) is 0 Å². The summed E-state index contributed by atoms with van der Waals surface area (Å²) in [4.78, 5) is 4.55. The number of hydrogen-bond donors (Lipinski definition) is 1. The van der Waals surface area contributed by atoms with E-state index in [1.54, 1.807) is 11.7 Å². The Kier molecular flexibility index (Phi) is 2.75. The lowest BCUT2D eigenvalue weighted by atomic mass is 10.1. The average molecular weight is 226 g/mol. The number of rotatable bonds is 2. The highest BCUT2D eigenvalue weighted by atomic mass is 32.1. The van der Waals surface area contributed by atoms with Crippen molar-refractivity contribution in [1.29, 1.82) is 0 Å². The highest BCUT2D eigenvalue weighted by Gasteiger charge is 2.15. The molecule has 5 heteroatoms. The molecule has 15 heavy (non-hydrogen) atoms. The van der Waals surface area contributed by atoms with Crippen molar-refractivity contribution in [3.05, 3.63) is 52.0 Å². The molecule has 2 nitrogen and oxygen atoms in total. The largest absolute Gasteiger partial charge is 0.319 e. The molecule has 0 aliphatic carbocycles. The van der Waals surface area contributed by atoms with Gasteiger partial charge in [-0.15, -0.1) is 11.3 Å². The molecule has 0 amide bonds. The standard InChI is InChI=1S/C10H8F2N2S/c11-6-1-2-8(12)7(3-6)10(13)9-4-14-5-15-9/h1-5,10H,13H2. The topological polar surface area (TPSA) is 38.9 Å². The molecule has 0 radical (unpaired) electrons. The maximum absolute atomic E-state index is 13.3. The molecule has 78 valence electrons. The van der Waals surface area contributed by atoms with Gasteiger partial charge in [-0.2, -0.15) is 0 Å². The quantitative estimate of drug-likeness (QED) is 0.854. The summed E-state index contributed by atoms with van der Waals surface area (Å²) in [5.74, 6) is -0.997. The van der Waals surface area contributed by atoms with Gasteiger partial charge in [0.1, 0.15) is 11.6 Å². The van der Waals surface area contributed by atoms with Gasteiger partial charge in [0.05, 0.1) is 11.6 Å². The van der Waals surface area contributed by atoms with E-state index in [0.29, 0.717) is 4.88 Å². The number of nitrogens with two attached hydrogens (primary N) is 1. The molecule has 0 aliphatic heterocycles. The highest BCUT2D eigenvalue weighted by Crippen LogP contribution is 2.25. The molecule has 1 heterocycles. The Morgan fingerprint density at radius 1 is 1.33 bits per heavy atom. The Morgan fingerprint density at radius 2 is 2.13 bits per heavy atom. The fourth-order valence-corrected chi connectivity index (χ4v) is 1.92. The maximum atomic E-state index is 13.3. The monoisotopic (exact) mass is 226 g/mol. The van der Waals surface area contributed by atoms with E-state index in [-0.39, 0.29) is 5.56 Å². The van der Waals surface area contributed by atoms with E-state index >= 15 is 0 Å². The van der Waals surface area contributed by atoms with E-state index in [9.17, 15) is 8.78 Å². The van der Waals surface area contributed by atoms with Crippen LogP contribution in [0.1, 0.15) is 16.5 Å². The summed E-state index contributed by atoms with van der Waals surface area (Å²) in [6, 6.07) is 2.59. The summed E-state index contributed by atoms with van der Waals surface area (Å²) in [5, 5.41) is 0. The fraction of sp³-hybridized carbons (Fsp3) is 0.100. The zero-order valence-corrected chi connectivity index (χ0v) is 8.47. The summed E-state index contributed by atoms with van der Waals surface area (Å²) in [6.07, 6.45) is 1.56. The number of thiazole rings is 1. The van der Waals surface area contributed by atoms with Crippen molar-refractivity contribution in [1.82, 2.24) is 4.98 Å². The molecular weight excluding hydrogens is 218 g/mol. The second kappa shape index (κ2) is 4.04. The van der Waals surface area contributed by atoms with Crippen LogP contribution in [-0.2, 0) is 0 Å². The molecule has 1 atom stereocenters. The SMILES string of the molecule is NC(c1cncs1)c1cc(F)ccc1F. The van der Waals surface area contributed by atoms with Crippen molar-refractivity contribution in [3.63, 3.8) is 0 Å². The summed E-state index contributed by atoms with van der Waals surface area (Å²) in [6.45, 7) is 0. The van der Waals surface area contributed by atoms with Crippen LogP contribution < -0.4 is 5.73 Å². The van der Waals surface area contributed by atoms with Crippen molar-refractivity contribution in [2.24, 2.45) is 5.73 Å². The second-order valence-corrected chi connectivity index (χ2v) is 3.97. The molecule has 0 saturated carbocycles. The lowest BCUT2D eigenvalue weighted by Crippen LogP contribution is -2.12. The zero-order valence-electron chi connectivity index (χ0n) is 7.65. The predicted octanol–water partition coefficient (Wildman–Crippen LogP) is 2.47. The molecular formula is C10H8F2N2S. The van der Waals surface area contributed by atoms with E-state index in [2.05, 4.69) is 4.98 Å². The minimum absolute atomic E-state index is 0.152. The Hall–Kier alpha value is -1.33. The molecule has 1 unspecified atom stereocenters. The van der Waals surface area contributed by atoms with Crippen LogP contribution in [0.25, 0.3) is 0 Å². The first-order valence-corrected chi connectivity index (χ1v) is 5.15. The Bertz CT molecular complexity index is 456. The summed E-state index contributed by atoms with van der Waals surface area (Å²) >= 11 is 1.32. The lowest BCUT2D eigenvalue weighted by molar-refractivity contribution is 0.577. The molecule has 0 saturated heterocycles. The molecule has 2 N–H and O–H groups in total. The third-order valence-electron chi connectivity index (χ3n) is 2.05. The van der Waals surface area contributed by atoms with Crippen LogP contribution in [0.3, 0.4) is 0 Å². The Labute approximate surface area is 89.4 Å². The fourth-order valence-electron chi connectivity index (χ4n) is 1.29. The molecule has 1 aromatic carbocycles. The van der Waals surface area contributed by atoms with Crippen molar-refractivity contribution < 1.29 is 8.78 Å². The van der Waals surface area contributed by atoms with Gasteiger partial charge in [-0.1, -0.05) is 0 Å². The smallest absolute Gasteiger partial charge is 0.128 e. The van der Waals surface area contributed by atoms with Gasteiger partial charge in [0.2, 0.25) is 0 Å². The van der Waals surface area contributed by atoms with Gasteiger partial charge in [-0.25, -0.2) is 8.78 Å². The van der Waals surface area contributed by atoms with Crippen molar-refractivity contribution in [3.8, 4) is 0 Å². The summed E-state index contributed by atoms with van der Waals surface area (Å²) in [7, 11) is 0. The van der Waals surface area contributed by atoms with Gasteiger partial charge in [-0.05, 0) is 18.2 Å². The third kappa shape index (κ3) is 2.03. The molecule has 0 bridgehead atoms. The number of benzene rings is 1. The molecule has 2 rings (SSSR count). The molecule has 2 aromatic rings. The van der Waals surface area contributed by atoms with Gasteiger partial charge >= 0.3 is 0 Å². The number of nitrogens with zero attached hydrogens (tertiary/aromatic N) is 1. The Balaban J connectivity index is 2.41. The van der Waals surface area contributed by atoms with E-state index in [1.807, 2.05) is 0 Å². The molecule has 0 spiro atoms. The van der Waals surface area contributed by atoms with E-state index in [1.165, 1.54) is 11.3 Å². The number of aromatic nitrogens is 1. The van der Waals surface area contributed by atoms with E-state index in [0.717, 1.165) is 18.2 Å². The summed E-state index contributed by atoms with van der Waals surface area (Å²) < 4.78 is 26.3. The maximum Gasteiger partial charge on any atom is 0.128 e. The van der Waals surface area contributed by atoms with Crippen LogP contribution >= 0.6 is 11.3 Å². The van der Waals surface area contributed by atoms with Crippen LogP contribution in [0.4, 0.5) is 8.78 Å². The summed E-state index contributed by atoms with van der Waals surface area (Å²) in [5.41, 5.74) is 7.55. The lowest BCUT2D eigenvalue weighted by Gasteiger charge is -2.10. The number of hydrogen-bond acceptors (Lipinski definition) is 3. The first-order chi connectivity index (χ1) is 7.18. The van der Waals surface area contributed by atoms with Crippen LogP contribution in [0, 0.1) is 11.6 Å². The van der Waals surface area contributed by atoms with E-state index < -0.39 is 17.7 Å². The minimum Gasteiger partial charge on any atom is -0.319 e. The Morgan fingerprint density at radius 3 is 2.80 bits per heavy atom. The molecule has 1 aromatic heterocycles. The van der Waals surface area contributed by atoms with Gasteiger partial charge < -0.3 is 5.73 Å². The van der Waals surface area contributed by atoms with Crippen LogP contribution in [0.2, 0.25) is 0 Å². The van der Waals surface area contributed by atoms with Crippen molar-refractivity contribution >= 4 is 11.3 Å². The first-order valence-electron chi connectivity index (χ1n) is 4.27. The predicted molar refractivity (Wildman–Crippen MR) is 54.5 cm³/mol. The van der Waals surface area contributed by atoms with E-state index in [4.69, 9.17) is 5.73 Å². The molecule has 0 fully saturated rings.